The molecule has 1 amide bonds. The van der Waals surface area contributed by atoms with E-state index in [4.69, 9.17) is 9.47 Å². The molecule has 0 atom stereocenters. The Kier molecular flexibility index (Phi) is 8.82. The summed E-state index contributed by atoms with van der Waals surface area (Å²) in [7, 11) is 0. The van der Waals surface area contributed by atoms with Gasteiger partial charge in [-0.15, -0.1) is 0 Å². The Morgan fingerprint density at radius 3 is 2.47 bits per heavy atom. The first-order valence-electron chi connectivity index (χ1n) is 5.86. The zero-order chi connectivity index (χ0) is 13.1. The third kappa shape index (κ3) is 7.38. The van der Waals surface area contributed by atoms with Crippen LogP contribution in [0.5, 0.6) is 0 Å². The second-order valence-corrected chi connectivity index (χ2v) is 3.41. The van der Waals surface area contributed by atoms with Gasteiger partial charge in [0.15, 0.2) is 0 Å². The molecule has 0 aromatic heterocycles. The molecule has 0 aliphatic rings. The van der Waals surface area contributed by atoms with Crippen molar-refractivity contribution in [2.24, 2.45) is 0 Å². The first-order chi connectivity index (χ1) is 8.15. The van der Waals surface area contributed by atoms with Crippen LogP contribution < -0.4 is 0 Å². The lowest BCUT2D eigenvalue weighted by Gasteiger charge is -2.21. The van der Waals surface area contributed by atoms with E-state index in [0.29, 0.717) is 19.7 Å². The molecule has 0 unspecified atom stereocenters. The summed E-state index contributed by atoms with van der Waals surface area (Å²) < 4.78 is 9.73. The van der Waals surface area contributed by atoms with Crippen molar-refractivity contribution in [3.8, 4) is 0 Å². The number of carbonyl (C=O) groups excluding carboxylic acids is 2. The zero-order valence-corrected chi connectivity index (χ0v) is 10.6. The average Bonchev–Trinajstić information content (AvgIpc) is 2.33. The highest BCUT2D eigenvalue weighted by Crippen LogP contribution is 1.99. The normalized spacial score (nSPS) is 9.53. The van der Waals surface area contributed by atoms with Gasteiger partial charge in [0.1, 0.15) is 6.61 Å². The van der Waals surface area contributed by atoms with E-state index in [-0.39, 0.29) is 12.7 Å². The molecule has 0 fully saturated rings. The summed E-state index contributed by atoms with van der Waals surface area (Å²) >= 11 is 0. The molecule has 0 aliphatic carbocycles. The predicted molar refractivity (Wildman–Crippen MR) is 64.7 cm³/mol. The molecule has 5 nitrogen and oxygen atoms in total. The van der Waals surface area contributed by atoms with Crippen molar-refractivity contribution in [1.82, 2.24) is 4.90 Å². The molecule has 5 heteroatoms. The smallest absolute Gasteiger partial charge is 0.409 e. The predicted octanol–water partition coefficient (Wildman–Crippen LogP) is 1.97. The topological polar surface area (TPSA) is 55.8 Å². The molecule has 17 heavy (non-hydrogen) atoms. The minimum Gasteiger partial charge on any atom is -0.461 e. The highest BCUT2D eigenvalue weighted by atomic mass is 16.6. The van der Waals surface area contributed by atoms with Gasteiger partial charge in [0.05, 0.1) is 13.2 Å². The molecule has 98 valence electrons. The molecule has 0 radical (unpaired) electrons. The van der Waals surface area contributed by atoms with E-state index in [9.17, 15) is 9.59 Å². The van der Waals surface area contributed by atoms with Crippen molar-refractivity contribution in [2.45, 2.75) is 26.7 Å². The van der Waals surface area contributed by atoms with E-state index in [1.807, 2.05) is 6.92 Å². The van der Waals surface area contributed by atoms with E-state index >= 15 is 0 Å². The van der Waals surface area contributed by atoms with E-state index in [2.05, 4.69) is 6.58 Å². The Morgan fingerprint density at radius 2 is 1.94 bits per heavy atom. The lowest BCUT2D eigenvalue weighted by atomic mass is 10.3. The van der Waals surface area contributed by atoms with Gasteiger partial charge in [0, 0.05) is 12.6 Å². The molecule has 0 spiro atoms. The van der Waals surface area contributed by atoms with Crippen LogP contribution in [0, 0.1) is 0 Å². The summed E-state index contributed by atoms with van der Waals surface area (Å²) in [6.45, 7) is 8.55. The second kappa shape index (κ2) is 9.69. The molecule has 0 heterocycles. The fraction of sp³-hybridized carbons (Fsp3) is 0.667. The largest absolute Gasteiger partial charge is 0.461 e. The second-order valence-electron chi connectivity index (χ2n) is 3.41. The summed E-state index contributed by atoms with van der Waals surface area (Å²) in [5.74, 6) is -0.482. The number of rotatable bonds is 8. The molecular weight excluding hydrogens is 222 g/mol. The first-order valence-corrected chi connectivity index (χ1v) is 5.86. The Balaban J connectivity index is 4.04. The van der Waals surface area contributed by atoms with Gasteiger partial charge in [-0.05, 0) is 13.3 Å². The third-order valence-electron chi connectivity index (χ3n) is 2.08. The maximum Gasteiger partial charge on any atom is 0.409 e. The molecular formula is C12H21NO4. The van der Waals surface area contributed by atoms with Crippen molar-refractivity contribution in [1.29, 1.82) is 0 Å². The van der Waals surface area contributed by atoms with Gasteiger partial charge in [-0.25, -0.2) is 9.59 Å². The van der Waals surface area contributed by atoms with Crippen LogP contribution in [0.1, 0.15) is 26.7 Å². The van der Waals surface area contributed by atoms with Crippen molar-refractivity contribution < 1.29 is 19.1 Å². The molecule has 0 bridgehead atoms. The highest BCUT2D eigenvalue weighted by Gasteiger charge is 2.13. The van der Waals surface area contributed by atoms with Crippen LogP contribution in [-0.2, 0) is 14.3 Å². The number of amides is 1. The molecule has 0 saturated heterocycles. The van der Waals surface area contributed by atoms with Crippen LogP contribution in [-0.4, -0.2) is 43.3 Å². The summed E-state index contributed by atoms with van der Waals surface area (Å²) in [5, 5.41) is 0. The molecule has 0 rings (SSSR count). The summed E-state index contributed by atoms with van der Waals surface area (Å²) in [6, 6.07) is 0. The fourth-order valence-electron chi connectivity index (χ4n) is 1.17. The van der Waals surface area contributed by atoms with Crippen molar-refractivity contribution >= 4 is 12.1 Å². The molecule has 0 saturated carbocycles. The van der Waals surface area contributed by atoms with Gasteiger partial charge in [-0.3, -0.25) is 0 Å². The van der Waals surface area contributed by atoms with Gasteiger partial charge < -0.3 is 14.4 Å². The number of ether oxygens (including phenoxy) is 2. The summed E-state index contributed by atoms with van der Waals surface area (Å²) in [6.07, 6.45) is 2.62. The number of unbranched alkanes of at least 4 members (excludes halogenated alkanes) is 1. The molecule has 0 aromatic carbocycles. The van der Waals surface area contributed by atoms with Gasteiger partial charge >= 0.3 is 12.1 Å². The van der Waals surface area contributed by atoms with E-state index in [0.717, 1.165) is 18.9 Å². The Labute approximate surface area is 102 Å². The minimum absolute atomic E-state index is 0.160. The summed E-state index contributed by atoms with van der Waals surface area (Å²) in [4.78, 5) is 23.9. The van der Waals surface area contributed by atoms with Crippen LogP contribution in [0.15, 0.2) is 12.7 Å². The van der Waals surface area contributed by atoms with E-state index < -0.39 is 5.97 Å². The summed E-state index contributed by atoms with van der Waals surface area (Å²) in [5.41, 5.74) is 0. The van der Waals surface area contributed by atoms with Crippen molar-refractivity contribution in [3.63, 3.8) is 0 Å². The zero-order valence-electron chi connectivity index (χ0n) is 10.6. The van der Waals surface area contributed by atoms with Crippen LogP contribution in [0.4, 0.5) is 4.79 Å². The van der Waals surface area contributed by atoms with Crippen molar-refractivity contribution in [2.75, 3.05) is 26.3 Å². The fourth-order valence-corrected chi connectivity index (χ4v) is 1.17. The maximum absolute atomic E-state index is 11.5. The van der Waals surface area contributed by atoms with E-state index in [1.54, 1.807) is 11.8 Å². The number of carbonyl (C=O) groups is 2. The monoisotopic (exact) mass is 243 g/mol. The van der Waals surface area contributed by atoms with Crippen molar-refractivity contribution in [3.05, 3.63) is 12.7 Å². The molecule has 0 aliphatic heterocycles. The number of nitrogens with zero attached hydrogens (tertiary/aromatic N) is 1. The number of hydrogen-bond donors (Lipinski definition) is 0. The number of esters is 1. The lowest BCUT2D eigenvalue weighted by molar-refractivity contribution is -0.138. The van der Waals surface area contributed by atoms with Crippen LogP contribution >= 0.6 is 0 Å². The Morgan fingerprint density at radius 1 is 1.24 bits per heavy atom. The molecule has 0 aromatic rings. The van der Waals surface area contributed by atoms with Gasteiger partial charge in [-0.1, -0.05) is 19.9 Å². The lowest BCUT2D eigenvalue weighted by Crippen LogP contribution is -2.35. The Hall–Kier alpha value is -1.52. The van der Waals surface area contributed by atoms with E-state index in [1.165, 1.54) is 0 Å². The highest BCUT2D eigenvalue weighted by molar-refractivity contribution is 5.81. The van der Waals surface area contributed by atoms with Crippen LogP contribution in [0.2, 0.25) is 0 Å². The van der Waals surface area contributed by atoms with Gasteiger partial charge in [-0.2, -0.15) is 0 Å². The Bertz CT molecular complexity index is 253. The van der Waals surface area contributed by atoms with Gasteiger partial charge in [0.2, 0.25) is 0 Å². The average molecular weight is 243 g/mol. The van der Waals surface area contributed by atoms with Gasteiger partial charge in [0.25, 0.3) is 0 Å². The standard InChI is InChI=1S/C12H21NO4/c1-4-7-8-13(12(15)16-6-3)9-10-17-11(14)5-2/h5H,2,4,6-10H2,1,3H3. The first kappa shape index (κ1) is 15.5. The number of hydrogen-bond acceptors (Lipinski definition) is 4. The minimum atomic E-state index is -0.482. The third-order valence-corrected chi connectivity index (χ3v) is 2.08. The van der Waals surface area contributed by atoms with Crippen LogP contribution in [0.25, 0.3) is 0 Å². The maximum atomic E-state index is 11.5. The SMILES string of the molecule is C=CC(=O)OCCN(CCCC)C(=O)OCC. The molecule has 0 N–H and O–H groups in total. The quantitative estimate of drug-likeness (QED) is 0.483. The van der Waals surface area contributed by atoms with Crippen LogP contribution in [0.3, 0.4) is 0 Å².